The zero-order chi connectivity index (χ0) is 21.9. The van der Waals surface area contributed by atoms with Gasteiger partial charge in [0.2, 0.25) is 11.8 Å². The summed E-state index contributed by atoms with van der Waals surface area (Å²) in [6.07, 6.45) is 0. The Labute approximate surface area is 174 Å². The molecule has 30 heavy (non-hydrogen) atoms. The van der Waals surface area contributed by atoms with E-state index in [9.17, 15) is 19.2 Å². The summed E-state index contributed by atoms with van der Waals surface area (Å²) in [6, 6.07) is 17.7. The van der Waals surface area contributed by atoms with Crippen molar-refractivity contribution in [1.82, 2.24) is 10.2 Å². The van der Waals surface area contributed by atoms with Crippen molar-refractivity contribution in [3.05, 3.63) is 60.2 Å². The molecule has 156 valence electrons. The molecule has 7 heteroatoms. The number of nitrogens with zero attached hydrogens (tertiary/aromatic N) is 1. The number of carbonyl (C=O) groups excluding carboxylic acids is 3. The quantitative estimate of drug-likeness (QED) is 0.713. The summed E-state index contributed by atoms with van der Waals surface area (Å²) >= 11 is 0. The van der Waals surface area contributed by atoms with Gasteiger partial charge >= 0.3 is 5.97 Å². The Bertz CT molecular complexity index is 967. The van der Waals surface area contributed by atoms with E-state index in [-0.39, 0.29) is 13.1 Å². The molecule has 1 aliphatic heterocycles. The molecule has 0 aromatic heterocycles. The first-order valence-electron chi connectivity index (χ1n) is 9.66. The number of ketones is 1. The molecule has 0 bridgehead atoms. The lowest BCUT2D eigenvalue weighted by Gasteiger charge is -2.40. The zero-order valence-corrected chi connectivity index (χ0v) is 16.9. The summed E-state index contributed by atoms with van der Waals surface area (Å²) in [5.74, 6) is -4.74. The molecule has 1 heterocycles. The molecule has 2 amide bonds. The standard InChI is InChI=1S/C23H24N2O5/c1-23(2)14-25(22(30)19(20(23)28)21(29)24-12-18(26)27)13-15-8-10-17(11-9-15)16-6-4-3-5-7-16/h3-11,19H,12-14H2,1-2H3,(H,24,29)(H,26,27). The minimum Gasteiger partial charge on any atom is -0.480 e. The average molecular weight is 408 g/mol. The molecule has 0 spiro atoms. The zero-order valence-electron chi connectivity index (χ0n) is 16.9. The smallest absolute Gasteiger partial charge is 0.322 e. The van der Waals surface area contributed by atoms with Gasteiger partial charge < -0.3 is 15.3 Å². The van der Waals surface area contributed by atoms with Gasteiger partial charge in [0.05, 0.1) is 0 Å². The SMILES string of the molecule is CC1(C)CN(Cc2ccc(-c3ccccc3)cc2)C(=O)C(C(=O)NCC(=O)O)C1=O. The van der Waals surface area contributed by atoms with E-state index in [0.717, 1.165) is 16.7 Å². The molecule has 3 rings (SSSR count). The van der Waals surface area contributed by atoms with E-state index in [1.807, 2.05) is 54.6 Å². The summed E-state index contributed by atoms with van der Waals surface area (Å²) in [7, 11) is 0. The van der Waals surface area contributed by atoms with E-state index < -0.39 is 41.4 Å². The molecule has 2 aromatic rings. The number of aliphatic carboxylic acids is 1. The number of nitrogens with one attached hydrogen (secondary N) is 1. The number of carbonyl (C=O) groups is 4. The number of hydrogen-bond donors (Lipinski definition) is 2. The van der Waals surface area contributed by atoms with Crippen LogP contribution >= 0.6 is 0 Å². The largest absolute Gasteiger partial charge is 0.480 e. The Morgan fingerprint density at radius 2 is 1.63 bits per heavy atom. The van der Waals surface area contributed by atoms with Gasteiger partial charge in [-0.05, 0) is 16.7 Å². The van der Waals surface area contributed by atoms with Gasteiger partial charge in [-0.3, -0.25) is 19.2 Å². The third-order valence-corrected chi connectivity index (χ3v) is 5.18. The third-order valence-electron chi connectivity index (χ3n) is 5.18. The highest BCUT2D eigenvalue weighted by atomic mass is 16.4. The maximum Gasteiger partial charge on any atom is 0.322 e. The number of rotatable bonds is 6. The molecule has 1 saturated heterocycles. The molecule has 1 aliphatic rings. The van der Waals surface area contributed by atoms with Crippen LogP contribution in [0.3, 0.4) is 0 Å². The Balaban J connectivity index is 1.78. The van der Waals surface area contributed by atoms with Crippen LogP contribution in [0.5, 0.6) is 0 Å². The summed E-state index contributed by atoms with van der Waals surface area (Å²) in [4.78, 5) is 50.2. The van der Waals surface area contributed by atoms with Crippen LogP contribution in [0.15, 0.2) is 54.6 Å². The lowest BCUT2D eigenvalue weighted by molar-refractivity contribution is -0.158. The second-order valence-electron chi connectivity index (χ2n) is 8.05. The fraction of sp³-hybridized carbons (Fsp3) is 0.304. The van der Waals surface area contributed by atoms with Gasteiger partial charge in [0, 0.05) is 18.5 Å². The number of carboxylic acid groups (broad SMARTS) is 1. The van der Waals surface area contributed by atoms with E-state index >= 15 is 0 Å². The number of likely N-dealkylation sites (tertiary alicyclic amines) is 1. The number of hydrogen-bond acceptors (Lipinski definition) is 4. The maximum absolute atomic E-state index is 12.9. The van der Waals surface area contributed by atoms with Gasteiger partial charge in [-0.1, -0.05) is 68.4 Å². The van der Waals surface area contributed by atoms with Gasteiger partial charge in [0.15, 0.2) is 11.7 Å². The Morgan fingerprint density at radius 3 is 2.23 bits per heavy atom. The normalized spacial score (nSPS) is 18.2. The number of carboxylic acids is 1. The molecule has 1 atom stereocenters. The van der Waals surface area contributed by atoms with Gasteiger partial charge in [-0.2, -0.15) is 0 Å². The predicted molar refractivity (Wildman–Crippen MR) is 110 cm³/mol. The van der Waals surface area contributed by atoms with Crippen LogP contribution in [-0.4, -0.2) is 46.7 Å². The van der Waals surface area contributed by atoms with E-state index in [0.29, 0.717) is 0 Å². The number of benzene rings is 2. The maximum atomic E-state index is 12.9. The second kappa shape index (κ2) is 8.49. The van der Waals surface area contributed by atoms with Crippen molar-refractivity contribution in [3.63, 3.8) is 0 Å². The average Bonchev–Trinajstić information content (AvgIpc) is 2.72. The highest BCUT2D eigenvalue weighted by Crippen LogP contribution is 2.31. The molecule has 1 fully saturated rings. The first kappa shape index (κ1) is 21.2. The van der Waals surface area contributed by atoms with Crippen molar-refractivity contribution in [3.8, 4) is 11.1 Å². The first-order chi connectivity index (χ1) is 14.2. The molecule has 0 saturated carbocycles. The molecule has 2 N–H and O–H groups in total. The minimum atomic E-state index is -1.53. The van der Waals surface area contributed by atoms with E-state index in [4.69, 9.17) is 5.11 Å². The van der Waals surface area contributed by atoms with E-state index in [2.05, 4.69) is 5.32 Å². The Morgan fingerprint density at radius 1 is 1.03 bits per heavy atom. The van der Waals surface area contributed by atoms with Gasteiger partial charge in [-0.15, -0.1) is 0 Å². The van der Waals surface area contributed by atoms with Crippen molar-refractivity contribution in [1.29, 1.82) is 0 Å². The first-order valence-corrected chi connectivity index (χ1v) is 9.66. The molecule has 1 unspecified atom stereocenters. The van der Waals surface area contributed by atoms with Crippen molar-refractivity contribution < 1.29 is 24.3 Å². The van der Waals surface area contributed by atoms with Crippen LogP contribution in [0.2, 0.25) is 0 Å². The number of Topliss-reactive ketones (excluding diaryl/α,β-unsaturated/α-hetero) is 1. The van der Waals surface area contributed by atoms with Crippen LogP contribution in [0.4, 0.5) is 0 Å². The molecular weight excluding hydrogens is 384 g/mol. The van der Waals surface area contributed by atoms with Crippen LogP contribution in [0, 0.1) is 11.3 Å². The van der Waals surface area contributed by atoms with Crippen LogP contribution < -0.4 is 5.32 Å². The van der Waals surface area contributed by atoms with Crippen molar-refractivity contribution in [2.45, 2.75) is 20.4 Å². The van der Waals surface area contributed by atoms with Gasteiger partial charge in [-0.25, -0.2) is 0 Å². The highest BCUT2D eigenvalue weighted by Gasteiger charge is 2.49. The van der Waals surface area contributed by atoms with E-state index in [1.54, 1.807) is 13.8 Å². The Hall–Kier alpha value is -3.48. The fourth-order valence-electron chi connectivity index (χ4n) is 3.60. The van der Waals surface area contributed by atoms with Crippen LogP contribution in [0.25, 0.3) is 11.1 Å². The predicted octanol–water partition coefficient (Wildman–Crippen LogP) is 2.11. The molecular formula is C23H24N2O5. The molecule has 0 radical (unpaired) electrons. The van der Waals surface area contributed by atoms with Crippen LogP contribution in [0.1, 0.15) is 19.4 Å². The van der Waals surface area contributed by atoms with Gasteiger partial charge in [0.1, 0.15) is 6.54 Å². The monoisotopic (exact) mass is 408 g/mol. The van der Waals surface area contributed by atoms with E-state index in [1.165, 1.54) is 4.90 Å². The summed E-state index contributed by atoms with van der Waals surface area (Å²) < 4.78 is 0. The van der Waals surface area contributed by atoms with Crippen molar-refractivity contribution in [2.24, 2.45) is 11.3 Å². The molecule has 7 nitrogen and oxygen atoms in total. The molecule has 0 aliphatic carbocycles. The molecule has 2 aromatic carbocycles. The number of piperidine rings is 1. The lowest BCUT2D eigenvalue weighted by atomic mass is 9.76. The second-order valence-corrected chi connectivity index (χ2v) is 8.05. The highest BCUT2D eigenvalue weighted by molar-refractivity contribution is 6.21. The summed E-state index contributed by atoms with van der Waals surface area (Å²) in [5, 5.41) is 10.9. The lowest BCUT2D eigenvalue weighted by Crippen LogP contribution is -2.59. The van der Waals surface area contributed by atoms with Gasteiger partial charge in [0.25, 0.3) is 0 Å². The minimum absolute atomic E-state index is 0.188. The van der Waals surface area contributed by atoms with Crippen molar-refractivity contribution in [2.75, 3.05) is 13.1 Å². The Kier molecular flexibility index (Phi) is 6.01. The topological polar surface area (TPSA) is 104 Å². The van der Waals surface area contributed by atoms with Crippen LogP contribution in [-0.2, 0) is 25.7 Å². The summed E-state index contributed by atoms with van der Waals surface area (Å²) in [6.45, 7) is 3.17. The fourth-order valence-corrected chi connectivity index (χ4v) is 3.60. The number of amides is 2. The van der Waals surface area contributed by atoms with Crippen molar-refractivity contribution >= 4 is 23.6 Å². The third kappa shape index (κ3) is 4.56. The summed E-state index contributed by atoms with van der Waals surface area (Å²) in [5.41, 5.74) is 2.09.